The first-order valence-corrected chi connectivity index (χ1v) is 11.9. The van der Waals surface area contributed by atoms with Gasteiger partial charge in [-0.05, 0) is 94.8 Å². The van der Waals surface area contributed by atoms with Crippen molar-refractivity contribution in [3.63, 3.8) is 0 Å². The maximum atomic E-state index is 12.9. The van der Waals surface area contributed by atoms with E-state index in [2.05, 4.69) is 0 Å². The average molecular weight is 489 g/mol. The highest BCUT2D eigenvalue weighted by Gasteiger charge is 2.35. The van der Waals surface area contributed by atoms with Gasteiger partial charge in [0.25, 0.3) is 0 Å². The molecule has 1 aliphatic heterocycles. The number of benzene rings is 2. The van der Waals surface area contributed by atoms with E-state index >= 15 is 0 Å². The van der Waals surface area contributed by atoms with Crippen LogP contribution >= 0.6 is 11.6 Å². The van der Waals surface area contributed by atoms with Crippen LogP contribution in [-0.4, -0.2) is 30.3 Å². The van der Waals surface area contributed by atoms with E-state index in [9.17, 15) is 9.59 Å². The second-order valence-electron chi connectivity index (χ2n) is 9.24. The molecule has 0 spiro atoms. The van der Waals surface area contributed by atoms with E-state index in [-0.39, 0.29) is 5.97 Å². The number of carbonyl (C=O) groups is 2. The third-order valence-corrected chi connectivity index (χ3v) is 6.71. The Morgan fingerprint density at radius 1 is 1.15 bits per heavy atom. The van der Waals surface area contributed by atoms with Crippen molar-refractivity contribution in [1.29, 1.82) is 0 Å². The summed E-state index contributed by atoms with van der Waals surface area (Å²) in [6.45, 7) is 13.2. The fourth-order valence-electron chi connectivity index (χ4n) is 4.19. The standard InChI is InChI=1S/C27H33ClO6/c1-15-14-21(28)8-9-23(15)32-19(5)26(30)33-24-16(2)17(3)25-22(18(24)4)10-11-27(7,34-25)12-13-31-20(6)29/h8-9,14,19H,10-13H2,1-7H3. The number of fused-ring (bicyclic) bond motifs is 1. The van der Waals surface area contributed by atoms with Crippen LogP contribution in [0.5, 0.6) is 17.2 Å². The summed E-state index contributed by atoms with van der Waals surface area (Å²) in [5.74, 6) is 1.20. The van der Waals surface area contributed by atoms with Crippen LogP contribution in [0.25, 0.3) is 0 Å². The highest BCUT2D eigenvalue weighted by atomic mass is 35.5. The molecule has 34 heavy (non-hydrogen) atoms. The predicted molar refractivity (Wildman–Crippen MR) is 131 cm³/mol. The summed E-state index contributed by atoms with van der Waals surface area (Å²) in [7, 11) is 0. The maximum absolute atomic E-state index is 12.9. The molecule has 0 saturated carbocycles. The fourth-order valence-corrected chi connectivity index (χ4v) is 4.42. The van der Waals surface area contributed by atoms with Crippen LogP contribution in [0, 0.1) is 27.7 Å². The summed E-state index contributed by atoms with van der Waals surface area (Å²) in [5, 5.41) is 0.612. The predicted octanol–water partition coefficient (Wildman–Crippen LogP) is 5.98. The van der Waals surface area contributed by atoms with E-state index in [0.29, 0.717) is 29.5 Å². The molecule has 0 fully saturated rings. The first-order valence-electron chi connectivity index (χ1n) is 11.5. The van der Waals surface area contributed by atoms with Gasteiger partial charge in [-0.3, -0.25) is 4.79 Å². The molecule has 7 heteroatoms. The van der Waals surface area contributed by atoms with Gasteiger partial charge in [0.05, 0.1) is 6.61 Å². The minimum atomic E-state index is -0.796. The van der Waals surface area contributed by atoms with Crippen LogP contribution in [0.3, 0.4) is 0 Å². The summed E-state index contributed by atoms with van der Waals surface area (Å²) in [6, 6.07) is 5.26. The third-order valence-electron chi connectivity index (χ3n) is 6.47. The van der Waals surface area contributed by atoms with E-state index in [0.717, 1.165) is 46.4 Å². The molecule has 0 amide bonds. The van der Waals surface area contributed by atoms with Gasteiger partial charge >= 0.3 is 11.9 Å². The number of aryl methyl sites for hydroxylation is 1. The number of halogens is 1. The van der Waals surface area contributed by atoms with E-state index < -0.39 is 17.7 Å². The minimum Gasteiger partial charge on any atom is -0.487 e. The number of hydrogen-bond donors (Lipinski definition) is 0. The first-order chi connectivity index (χ1) is 15.9. The van der Waals surface area contributed by atoms with Crippen molar-refractivity contribution in [3.05, 3.63) is 51.0 Å². The lowest BCUT2D eigenvalue weighted by atomic mass is 9.86. The maximum Gasteiger partial charge on any atom is 0.352 e. The Labute approximate surface area is 206 Å². The Morgan fingerprint density at radius 2 is 1.85 bits per heavy atom. The molecule has 0 N–H and O–H groups in total. The van der Waals surface area contributed by atoms with Crippen molar-refractivity contribution in [2.75, 3.05) is 6.61 Å². The summed E-state index contributed by atoms with van der Waals surface area (Å²) in [4.78, 5) is 24.0. The van der Waals surface area contributed by atoms with Crippen LogP contribution in [0.4, 0.5) is 0 Å². The largest absolute Gasteiger partial charge is 0.487 e. The van der Waals surface area contributed by atoms with Crippen LogP contribution in [0.1, 0.15) is 61.4 Å². The highest BCUT2D eigenvalue weighted by molar-refractivity contribution is 6.30. The molecule has 0 bridgehead atoms. The third kappa shape index (κ3) is 5.66. The smallest absolute Gasteiger partial charge is 0.352 e. The topological polar surface area (TPSA) is 71.1 Å². The number of rotatable bonds is 7. The van der Waals surface area contributed by atoms with Crippen LogP contribution in [0.15, 0.2) is 18.2 Å². The molecule has 2 unspecified atom stereocenters. The van der Waals surface area contributed by atoms with Crippen LogP contribution in [-0.2, 0) is 20.7 Å². The molecule has 0 aromatic heterocycles. The molecule has 1 aliphatic rings. The molecular weight excluding hydrogens is 456 g/mol. The summed E-state index contributed by atoms with van der Waals surface area (Å²) in [6.07, 6.45) is 1.36. The molecular formula is C27H33ClO6. The monoisotopic (exact) mass is 488 g/mol. The van der Waals surface area contributed by atoms with Crippen molar-refractivity contribution in [1.82, 2.24) is 0 Å². The highest BCUT2D eigenvalue weighted by Crippen LogP contribution is 2.44. The zero-order chi connectivity index (χ0) is 25.2. The number of carbonyl (C=O) groups excluding carboxylic acids is 2. The lowest BCUT2D eigenvalue weighted by Gasteiger charge is -2.38. The van der Waals surface area contributed by atoms with Crippen molar-refractivity contribution >= 4 is 23.5 Å². The van der Waals surface area contributed by atoms with Crippen molar-refractivity contribution < 1.29 is 28.5 Å². The molecule has 0 aliphatic carbocycles. The Bertz CT molecular complexity index is 1110. The van der Waals surface area contributed by atoms with Crippen molar-refractivity contribution in [3.8, 4) is 17.2 Å². The lowest BCUT2D eigenvalue weighted by molar-refractivity contribution is -0.142. The SMILES string of the molecule is CC(=O)OCCC1(C)CCc2c(C)c(OC(=O)C(C)Oc3ccc(Cl)cc3C)c(C)c(C)c2O1. The minimum absolute atomic E-state index is 0.293. The Hall–Kier alpha value is -2.73. The number of hydrogen-bond acceptors (Lipinski definition) is 6. The first kappa shape index (κ1) is 25.9. The Morgan fingerprint density at radius 3 is 2.50 bits per heavy atom. The zero-order valence-electron chi connectivity index (χ0n) is 21.0. The van der Waals surface area contributed by atoms with E-state index in [1.165, 1.54) is 6.92 Å². The van der Waals surface area contributed by atoms with E-state index in [1.807, 2.05) is 34.6 Å². The van der Waals surface area contributed by atoms with Gasteiger partial charge in [0.1, 0.15) is 22.8 Å². The van der Waals surface area contributed by atoms with Gasteiger partial charge in [-0.2, -0.15) is 0 Å². The normalized spacial score (nSPS) is 17.9. The van der Waals surface area contributed by atoms with Gasteiger partial charge < -0.3 is 18.9 Å². The lowest BCUT2D eigenvalue weighted by Crippen LogP contribution is -2.38. The average Bonchev–Trinajstić information content (AvgIpc) is 2.76. The molecule has 1 heterocycles. The van der Waals surface area contributed by atoms with Gasteiger partial charge in [-0.25, -0.2) is 4.79 Å². The quantitative estimate of drug-likeness (QED) is 0.352. The Kier molecular flexibility index (Phi) is 7.81. The number of ether oxygens (including phenoxy) is 4. The van der Waals surface area contributed by atoms with Gasteiger partial charge in [0.2, 0.25) is 0 Å². The second-order valence-corrected chi connectivity index (χ2v) is 9.68. The fraction of sp³-hybridized carbons (Fsp3) is 0.481. The van der Waals surface area contributed by atoms with E-state index in [4.69, 9.17) is 30.5 Å². The molecule has 2 atom stereocenters. The molecule has 2 aromatic rings. The van der Waals surface area contributed by atoms with Crippen molar-refractivity contribution in [2.24, 2.45) is 0 Å². The van der Waals surface area contributed by atoms with Gasteiger partial charge in [0, 0.05) is 23.9 Å². The van der Waals surface area contributed by atoms with Gasteiger partial charge in [0.15, 0.2) is 6.10 Å². The second kappa shape index (κ2) is 10.3. The molecule has 0 saturated heterocycles. The zero-order valence-corrected chi connectivity index (χ0v) is 21.7. The summed E-state index contributed by atoms with van der Waals surface area (Å²) >= 11 is 6.01. The molecule has 6 nitrogen and oxygen atoms in total. The van der Waals surface area contributed by atoms with Gasteiger partial charge in [-0.1, -0.05) is 11.6 Å². The molecule has 0 radical (unpaired) electrons. The molecule has 184 valence electrons. The molecule has 2 aromatic carbocycles. The van der Waals surface area contributed by atoms with E-state index in [1.54, 1.807) is 25.1 Å². The van der Waals surface area contributed by atoms with Crippen molar-refractivity contribution in [2.45, 2.75) is 79.4 Å². The number of esters is 2. The molecule has 3 rings (SSSR count). The summed E-state index contributed by atoms with van der Waals surface area (Å²) in [5.41, 5.74) is 4.13. The van der Waals surface area contributed by atoms with Gasteiger partial charge in [-0.15, -0.1) is 0 Å². The van der Waals surface area contributed by atoms with Crippen LogP contribution in [0.2, 0.25) is 5.02 Å². The van der Waals surface area contributed by atoms with Crippen LogP contribution < -0.4 is 14.2 Å². The summed E-state index contributed by atoms with van der Waals surface area (Å²) < 4.78 is 23.3. The Balaban J connectivity index is 1.78.